The maximum absolute atomic E-state index is 13.7. The number of fused-ring (bicyclic) bond motifs is 3. The molecule has 2 amide bonds. The SMILES string of the molecule is COc1c(C(=O)NCCCNC(=O)OC(C)(C)C)sc2c1c(=O)n(CC(=O)c1ccccc1)c1ccccc21. The Morgan fingerprint density at radius 1 is 0.949 bits per heavy atom. The summed E-state index contributed by atoms with van der Waals surface area (Å²) in [6.07, 6.45) is -0.0379. The Morgan fingerprint density at radius 3 is 2.31 bits per heavy atom. The highest BCUT2D eigenvalue weighted by Crippen LogP contribution is 2.39. The second kappa shape index (κ2) is 11.7. The first-order chi connectivity index (χ1) is 18.6. The van der Waals surface area contributed by atoms with Crippen molar-refractivity contribution in [1.29, 1.82) is 0 Å². The van der Waals surface area contributed by atoms with Crippen molar-refractivity contribution in [2.75, 3.05) is 20.2 Å². The monoisotopic (exact) mass is 549 g/mol. The summed E-state index contributed by atoms with van der Waals surface area (Å²) in [5, 5.41) is 6.49. The van der Waals surface area contributed by atoms with E-state index in [1.54, 1.807) is 57.2 Å². The van der Waals surface area contributed by atoms with Gasteiger partial charge in [-0.05, 0) is 33.3 Å². The van der Waals surface area contributed by atoms with Crippen LogP contribution in [0.3, 0.4) is 0 Å². The summed E-state index contributed by atoms with van der Waals surface area (Å²) in [4.78, 5) is 51.9. The summed E-state index contributed by atoms with van der Waals surface area (Å²) in [5.74, 6) is -0.411. The Labute approximate surface area is 229 Å². The van der Waals surface area contributed by atoms with Crippen LogP contribution in [0.15, 0.2) is 59.4 Å². The molecule has 0 atom stereocenters. The van der Waals surface area contributed by atoms with Crippen LogP contribution in [-0.4, -0.2) is 48.2 Å². The topological polar surface area (TPSA) is 116 Å². The molecule has 0 bridgehead atoms. The lowest BCUT2D eigenvalue weighted by molar-refractivity contribution is 0.0527. The predicted octanol–water partition coefficient (Wildman–Crippen LogP) is 4.75. The molecule has 0 radical (unpaired) electrons. The lowest BCUT2D eigenvalue weighted by Gasteiger charge is -2.19. The molecule has 0 aliphatic rings. The Kier molecular flexibility index (Phi) is 8.35. The number of methoxy groups -OCH3 is 1. The van der Waals surface area contributed by atoms with Gasteiger partial charge >= 0.3 is 6.09 Å². The van der Waals surface area contributed by atoms with Gasteiger partial charge in [0, 0.05) is 24.0 Å². The minimum atomic E-state index is -0.590. The molecule has 0 saturated heterocycles. The highest BCUT2D eigenvalue weighted by atomic mass is 32.1. The van der Waals surface area contributed by atoms with Crippen molar-refractivity contribution in [3.05, 3.63) is 75.4 Å². The molecule has 0 fully saturated rings. The number of ketones is 1. The van der Waals surface area contributed by atoms with Crippen LogP contribution in [0.2, 0.25) is 0 Å². The number of alkyl carbamates (subject to hydrolysis) is 1. The predicted molar refractivity (Wildman–Crippen MR) is 152 cm³/mol. The first-order valence-electron chi connectivity index (χ1n) is 12.6. The van der Waals surface area contributed by atoms with Gasteiger partial charge in [-0.1, -0.05) is 48.5 Å². The van der Waals surface area contributed by atoms with Gasteiger partial charge in [-0.3, -0.25) is 19.0 Å². The second-order valence-corrected chi connectivity index (χ2v) is 10.9. The van der Waals surface area contributed by atoms with E-state index in [1.165, 1.54) is 23.0 Å². The summed E-state index contributed by atoms with van der Waals surface area (Å²) in [6, 6.07) is 16.1. The molecule has 0 aliphatic carbocycles. The van der Waals surface area contributed by atoms with Crippen LogP contribution in [0.25, 0.3) is 21.0 Å². The maximum Gasteiger partial charge on any atom is 0.407 e. The molecule has 2 heterocycles. The number of aromatic nitrogens is 1. The number of hydrogen-bond acceptors (Lipinski definition) is 7. The molecule has 10 heteroatoms. The van der Waals surface area contributed by atoms with Crippen molar-refractivity contribution >= 4 is 50.1 Å². The first-order valence-corrected chi connectivity index (χ1v) is 13.4. The van der Waals surface area contributed by atoms with Crippen LogP contribution in [0.4, 0.5) is 4.79 Å². The molecule has 0 spiro atoms. The van der Waals surface area contributed by atoms with Crippen LogP contribution in [0.1, 0.15) is 47.2 Å². The van der Waals surface area contributed by atoms with Crippen molar-refractivity contribution in [3.8, 4) is 5.75 Å². The number of nitrogens with one attached hydrogen (secondary N) is 2. The van der Waals surface area contributed by atoms with Crippen LogP contribution < -0.4 is 20.9 Å². The molecule has 0 aliphatic heterocycles. The third kappa shape index (κ3) is 6.28. The van der Waals surface area contributed by atoms with Gasteiger partial charge in [0.25, 0.3) is 11.5 Å². The maximum atomic E-state index is 13.7. The van der Waals surface area contributed by atoms with Crippen LogP contribution in [0, 0.1) is 0 Å². The molecular formula is C29H31N3O6S. The average molecular weight is 550 g/mol. The molecule has 204 valence electrons. The van der Waals surface area contributed by atoms with E-state index < -0.39 is 17.3 Å². The van der Waals surface area contributed by atoms with Crippen molar-refractivity contribution < 1.29 is 23.9 Å². The van der Waals surface area contributed by atoms with E-state index in [0.29, 0.717) is 35.3 Å². The minimum absolute atomic E-state index is 0.148. The minimum Gasteiger partial charge on any atom is -0.494 e. The molecule has 4 rings (SSSR count). The number of hydrogen-bond donors (Lipinski definition) is 2. The molecule has 39 heavy (non-hydrogen) atoms. The zero-order valence-corrected chi connectivity index (χ0v) is 23.1. The summed E-state index contributed by atoms with van der Waals surface area (Å²) < 4.78 is 12.8. The number of ether oxygens (including phenoxy) is 2. The molecule has 0 unspecified atom stereocenters. The van der Waals surface area contributed by atoms with Gasteiger partial charge in [0.05, 0.1) is 23.9 Å². The molecule has 9 nitrogen and oxygen atoms in total. The fourth-order valence-corrected chi connectivity index (χ4v) is 5.39. The van der Waals surface area contributed by atoms with Crippen LogP contribution in [-0.2, 0) is 11.3 Å². The molecule has 2 N–H and O–H groups in total. The van der Waals surface area contributed by atoms with Gasteiger partial charge in [0.15, 0.2) is 11.5 Å². The molecule has 4 aromatic rings. The fourth-order valence-electron chi connectivity index (χ4n) is 4.18. The van der Waals surface area contributed by atoms with Crippen molar-refractivity contribution in [1.82, 2.24) is 15.2 Å². The summed E-state index contributed by atoms with van der Waals surface area (Å²) in [5.41, 5.74) is 0.116. The first kappa shape index (κ1) is 27.8. The van der Waals surface area contributed by atoms with Gasteiger partial charge in [-0.25, -0.2) is 4.79 Å². The number of amides is 2. The normalized spacial score (nSPS) is 11.4. The number of benzene rings is 2. The summed E-state index contributed by atoms with van der Waals surface area (Å²) >= 11 is 1.17. The molecule has 0 saturated carbocycles. The van der Waals surface area contributed by atoms with Crippen molar-refractivity contribution in [3.63, 3.8) is 0 Å². The standard InChI is InChI=1S/C29H31N3O6S/c1-29(2,3)38-28(36)31-16-10-15-30-26(34)25-23(37-4)22-24(39-25)19-13-8-9-14-20(19)32(27(22)35)17-21(33)18-11-6-5-7-12-18/h5-9,11-14H,10,15-17H2,1-4H3,(H,30,34)(H,31,36). The number of pyridine rings is 1. The lowest BCUT2D eigenvalue weighted by atomic mass is 10.1. The highest BCUT2D eigenvalue weighted by Gasteiger charge is 2.25. The highest BCUT2D eigenvalue weighted by molar-refractivity contribution is 7.22. The Morgan fingerprint density at radius 2 is 1.62 bits per heavy atom. The van der Waals surface area contributed by atoms with Gasteiger partial charge in [0.1, 0.15) is 15.9 Å². The van der Waals surface area contributed by atoms with E-state index in [1.807, 2.05) is 18.2 Å². The number of nitrogens with zero attached hydrogens (tertiary/aromatic N) is 1. The van der Waals surface area contributed by atoms with E-state index in [0.717, 1.165) is 5.39 Å². The third-order valence-corrected chi connectivity index (χ3v) is 7.08. The largest absolute Gasteiger partial charge is 0.494 e. The van der Waals surface area contributed by atoms with Gasteiger partial charge in [-0.15, -0.1) is 11.3 Å². The van der Waals surface area contributed by atoms with E-state index in [2.05, 4.69) is 10.6 Å². The second-order valence-electron chi connectivity index (χ2n) is 9.90. The number of Topliss-reactive ketones (excluding diaryl/α,β-unsaturated/α-hetero) is 1. The van der Waals surface area contributed by atoms with E-state index >= 15 is 0 Å². The van der Waals surface area contributed by atoms with E-state index in [-0.39, 0.29) is 34.2 Å². The number of thiophene rings is 1. The Bertz CT molecular complexity index is 1580. The zero-order chi connectivity index (χ0) is 28.2. The van der Waals surface area contributed by atoms with Crippen molar-refractivity contribution in [2.45, 2.75) is 39.3 Å². The Balaban J connectivity index is 1.59. The third-order valence-electron chi connectivity index (χ3n) is 5.88. The van der Waals surface area contributed by atoms with Gasteiger partial charge in [0.2, 0.25) is 0 Å². The quantitative estimate of drug-likeness (QED) is 0.230. The number of rotatable bonds is 9. The number of para-hydroxylation sites is 1. The molecule has 2 aromatic heterocycles. The molecule has 2 aromatic carbocycles. The zero-order valence-electron chi connectivity index (χ0n) is 22.3. The van der Waals surface area contributed by atoms with Gasteiger partial charge in [-0.2, -0.15) is 0 Å². The number of carbonyl (C=O) groups excluding carboxylic acids is 3. The smallest absolute Gasteiger partial charge is 0.407 e. The number of carbonyl (C=O) groups is 3. The lowest BCUT2D eigenvalue weighted by Crippen LogP contribution is -2.34. The van der Waals surface area contributed by atoms with E-state index in [4.69, 9.17) is 9.47 Å². The summed E-state index contributed by atoms with van der Waals surface area (Å²) in [6.45, 7) is 5.82. The van der Waals surface area contributed by atoms with Crippen molar-refractivity contribution in [2.24, 2.45) is 0 Å². The van der Waals surface area contributed by atoms with Crippen LogP contribution in [0.5, 0.6) is 5.75 Å². The van der Waals surface area contributed by atoms with Gasteiger partial charge < -0.3 is 20.1 Å². The van der Waals surface area contributed by atoms with Crippen LogP contribution >= 0.6 is 11.3 Å². The van der Waals surface area contributed by atoms with E-state index in [9.17, 15) is 19.2 Å². The summed E-state index contributed by atoms with van der Waals surface area (Å²) in [7, 11) is 1.41. The average Bonchev–Trinajstić information content (AvgIpc) is 3.30. The molecular weight excluding hydrogens is 518 g/mol. The Hall–Kier alpha value is -4.18. The fraction of sp³-hybridized carbons (Fsp3) is 0.310.